The number of amidine groups is 1. The molecule has 1 atom stereocenters. The summed E-state index contributed by atoms with van der Waals surface area (Å²) in [4.78, 5) is 22.8. The summed E-state index contributed by atoms with van der Waals surface area (Å²) in [5, 5.41) is 18.8. The number of nitrogens with two attached hydrogens (primary N) is 1. The highest BCUT2D eigenvalue weighted by Gasteiger charge is 2.14. The summed E-state index contributed by atoms with van der Waals surface area (Å²) in [6.45, 7) is -0.162. The molecule has 0 spiro atoms. The van der Waals surface area contributed by atoms with Crippen LogP contribution in [0.5, 0.6) is 5.75 Å². The van der Waals surface area contributed by atoms with Crippen molar-refractivity contribution in [2.45, 2.75) is 6.10 Å². The Morgan fingerprint density at radius 1 is 1.11 bits per heavy atom. The van der Waals surface area contributed by atoms with Crippen LogP contribution >= 0.6 is 0 Å². The lowest BCUT2D eigenvalue weighted by Gasteiger charge is -2.17. The van der Waals surface area contributed by atoms with Gasteiger partial charge in [0.05, 0.1) is 6.10 Å². The van der Waals surface area contributed by atoms with Crippen molar-refractivity contribution in [3.05, 3.63) is 65.2 Å². The van der Waals surface area contributed by atoms with Crippen LogP contribution in [0.15, 0.2) is 48.5 Å². The molecule has 0 aliphatic rings. The molecule has 2 aromatic carbocycles. The molecule has 0 aliphatic carbocycles. The molecule has 2 aromatic rings. The van der Waals surface area contributed by atoms with Gasteiger partial charge in [-0.05, 0) is 29.8 Å². The van der Waals surface area contributed by atoms with Crippen molar-refractivity contribution in [3.8, 4) is 5.75 Å². The van der Waals surface area contributed by atoms with Crippen LogP contribution in [0.2, 0.25) is 0 Å². The molecule has 0 heterocycles. The van der Waals surface area contributed by atoms with E-state index < -0.39 is 12.6 Å². The summed E-state index contributed by atoms with van der Waals surface area (Å²) in [5.74, 6) is -0.941. The minimum atomic E-state index is -1.05. The number of hydrogen-bond acceptors (Lipinski definition) is 5. The summed E-state index contributed by atoms with van der Waals surface area (Å²) in [5.41, 5.74) is 7.20. The molecular formula is C19H21N3O5. The van der Waals surface area contributed by atoms with E-state index in [0.29, 0.717) is 16.9 Å². The highest BCUT2D eigenvalue weighted by Crippen LogP contribution is 2.20. The number of ether oxygens (including phenoxy) is 2. The summed E-state index contributed by atoms with van der Waals surface area (Å²) >= 11 is 0. The molecule has 0 unspecified atom stereocenters. The van der Waals surface area contributed by atoms with Gasteiger partial charge in [0.1, 0.15) is 11.6 Å². The van der Waals surface area contributed by atoms with Crippen LogP contribution in [0, 0.1) is 5.41 Å². The minimum Gasteiger partial charge on any atom is -0.482 e. The van der Waals surface area contributed by atoms with E-state index in [0.717, 1.165) is 5.56 Å². The second-order valence-electron chi connectivity index (χ2n) is 5.68. The molecule has 0 fully saturated rings. The van der Waals surface area contributed by atoms with Gasteiger partial charge in [-0.2, -0.15) is 0 Å². The predicted molar refractivity (Wildman–Crippen MR) is 99.1 cm³/mol. The molecule has 0 radical (unpaired) electrons. The number of carbonyl (C=O) groups excluding carboxylic acids is 1. The molecular weight excluding hydrogens is 350 g/mol. The molecule has 142 valence electrons. The molecule has 2 rings (SSSR count). The average Bonchev–Trinajstić information content (AvgIpc) is 2.67. The van der Waals surface area contributed by atoms with Crippen LogP contribution < -0.4 is 15.8 Å². The van der Waals surface area contributed by atoms with E-state index in [9.17, 15) is 9.59 Å². The lowest BCUT2D eigenvalue weighted by Crippen LogP contribution is -2.29. The van der Waals surface area contributed by atoms with E-state index in [1.165, 1.54) is 7.11 Å². The summed E-state index contributed by atoms with van der Waals surface area (Å²) in [7, 11) is 1.54. The van der Waals surface area contributed by atoms with E-state index >= 15 is 0 Å². The minimum absolute atomic E-state index is 0.0582. The van der Waals surface area contributed by atoms with E-state index in [4.69, 9.17) is 25.7 Å². The third kappa shape index (κ3) is 5.82. The number of rotatable bonds is 9. The Bertz CT molecular complexity index is 803. The summed E-state index contributed by atoms with van der Waals surface area (Å²) in [6, 6.07) is 13.2. The molecule has 8 nitrogen and oxygen atoms in total. The Balaban J connectivity index is 1.95. The zero-order chi connectivity index (χ0) is 19.8. The monoisotopic (exact) mass is 371 g/mol. The second kappa shape index (κ2) is 9.35. The fourth-order valence-electron chi connectivity index (χ4n) is 2.35. The number of aliphatic carboxylic acids is 1. The molecule has 0 bridgehead atoms. The van der Waals surface area contributed by atoms with Crippen molar-refractivity contribution in [2.75, 3.05) is 20.3 Å². The van der Waals surface area contributed by atoms with Gasteiger partial charge in [-0.15, -0.1) is 0 Å². The van der Waals surface area contributed by atoms with E-state index in [-0.39, 0.29) is 24.4 Å². The van der Waals surface area contributed by atoms with Crippen LogP contribution in [-0.2, 0) is 9.53 Å². The first-order valence-corrected chi connectivity index (χ1v) is 8.10. The van der Waals surface area contributed by atoms with Crippen molar-refractivity contribution >= 4 is 17.7 Å². The van der Waals surface area contributed by atoms with Gasteiger partial charge >= 0.3 is 5.97 Å². The molecule has 0 saturated heterocycles. The molecule has 0 saturated carbocycles. The van der Waals surface area contributed by atoms with Gasteiger partial charge < -0.3 is 25.6 Å². The van der Waals surface area contributed by atoms with Crippen molar-refractivity contribution in [1.29, 1.82) is 5.41 Å². The summed E-state index contributed by atoms with van der Waals surface area (Å²) < 4.78 is 10.5. The van der Waals surface area contributed by atoms with Gasteiger partial charge in [0.2, 0.25) is 0 Å². The van der Waals surface area contributed by atoms with E-state index in [1.54, 1.807) is 48.5 Å². The summed E-state index contributed by atoms with van der Waals surface area (Å²) in [6.07, 6.45) is -0.376. The lowest BCUT2D eigenvalue weighted by molar-refractivity contribution is -0.139. The maximum absolute atomic E-state index is 12.3. The van der Waals surface area contributed by atoms with Crippen LogP contribution in [0.25, 0.3) is 0 Å². The van der Waals surface area contributed by atoms with Gasteiger partial charge in [-0.25, -0.2) is 4.79 Å². The van der Waals surface area contributed by atoms with Gasteiger partial charge in [-0.1, -0.05) is 24.3 Å². The fourth-order valence-corrected chi connectivity index (χ4v) is 2.35. The van der Waals surface area contributed by atoms with Gasteiger partial charge in [0.15, 0.2) is 6.61 Å². The lowest BCUT2D eigenvalue weighted by atomic mass is 10.1. The Hall–Kier alpha value is -3.39. The normalized spacial score (nSPS) is 11.4. The van der Waals surface area contributed by atoms with Crippen molar-refractivity contribution in [1.82, 2.24) is 5.32 Å². The second-order valence-corrected chi connectivity index (χ2v) is 5.68. The number of benzene rings is 2. The number of nitrogens with one attached hydrogen (secondary N) is 2. The maximum atomic E-state index is 12.3. The van der Waals surface area contributed by atoms with Gasteiger partial charge in [0, 0.05) is 24.8 Å². The Morgan fingerprint density at radius 2 is 1.70 bits per heavy atom. The fraction of sp³-hybridized carbons (Fsp3) is 0.211. The zero-order valence-corrected chi connectivity index (χ0v) is 14.8. The number of nitrogen functional groups attached to an aromatic ring is 1. The average molecular weight is 371 g/mol. The van der Waals surface area contributed by atoms with Crippen LogP contribution in [0.4, 0.5) is 0 Å². The first kappa shape index (κ1) is 19.9. The molecule has 0 aromatic heterocycles. The standard InChI is InChI=1S/C19H21N3O5/c1-26-16(12-6-8-15(9-7-12)27-11-17(23)24)10-22-19(25)14-4-2-13(3-5-14)18(20)21/h2-9,16H,10-11H2,1H3,(H3,20,21)(H,22,25)(H,23,24)/t16-/m1/s1. The highest BCUT2D eigenvalue weighted by molar-refractivity contribution is 5.98. The van der Waals surface area contributed by atoms with Crippen LogP contribution in [0.1, 0.15) is 27.6 Å². The zero-order valence-electron chi connectivity index (χ0n) is 14.8. The van der Waals surface area contributed by atoms with Crippen molar-refractivity contribution in [2.24, 2.45) is 5.73 Å². The number of amides is 1. The van der Waals surface area contributed by atoms with E-state index in [2.05, 4.69) is 5.32 Å². The molecule has 0 aliphatic heterocycles. The van der Waals surface area contributed by atoms with Crippen molar-refractivity contribution in [3.63, 3.8) is 0 Å². The van der Waals surface area contributed by atoms with Crippen LogP contribution in [-0.4, -0.2) is 43.1 Å². The topological polar surface area (TPSA) is 135 Å². The van der Waals surface area contributed by atoms with E-state index in [1.807, 2.05) is 0 Å². The number of hydrogen-bond donors (Lipinski definition) is 4. The predicted octanol–water partition coefficient (Wildman–Crippen LogP) is 1.55. The number of carboxylic acid groups (broad SMARTS) is 1. The number of methoxy groups -OCH3 is 1. The number of carboxylic acids is 1. The molecule has 27 heavy (non-hydrogen) atoms. The Labute approximate surface area is 156 Å². The third-order valence-electron chi connectivity index (χ3n) is 3.80. The number of carbonyl (C=O) groups is 2. The molecule has 8 heteroatoms. The highest BCUT2D eigenvalue weighted by atomic mass is 16.5. The first-order valence-electron chi connectivity index (χ1n) is 8.10. The Morgan fingerprint density at radius 3 is 2.22 bits per heavy atom. The van der Waals surface area contributed by atoms with Crippen molar-refractivity contribution < 1.29 is 24.2 Å². The first-order chi connectivity index (χ1) is 12.9. The van der Waals surface area contributed by atoms with Gasteiger partial charge in [-0.3, -0.25) is 10.2 Å². The van der Waals surface area contributed by atoms with Gasteiger partial charge in [0.25, 0.3) is 5.91 Å². The SMILES string of the molecule is CO[C@H](CNC(=O)c1ccc(C(=N)N)cc1)c1ccc(OCC(=O)O)cc1. The maximum Gasteiger partial charge on any atom is 0.341 e. The molecule has 5 N–H and O–H groups in total. The largest absolute Gasteiger partial charge is 0.482 e. The van der Waals surface area contributed by atoms with Crippen LogP contribution in [0.3, 0.4) is 0 Å². The Kier molecular flexibility index (Phi) is 6.90. The third-order valence-corrected chi connectivity index (χ3v) is 3.80. The quantitative estimate of drug-likeness (QED) is 0.390. The molecule has 1 amide bonds. The smallest absolute Gasteiger partial charge is 0.341 e.